The molecule has 1 aromatic rings. The normalized spacial score (nSPS) is 30.5. The van der Waals surface area contributed by atoms with Gasteiger partial charge in [-0.2, -0.15) is 0 Å². The number of thioether (sulfide) groups is 1. The van der Waals surface area contributed by atoms with Gasteiger partial charge in [0.1, 0.15) is 5.60 Å². The highest BCUT2D eigenvalue weighted by Gasteiger charge is 2.57. The van der Waals surface area contributed by atoms with E-state index in [1.807, 2.05) is 6.08 Å². The molecule has 2 saturated carbocycles. The van der Waals surface area contributed by atoms with Gasteiger partial charge in [-0.05, 0) is 91.5 Å². The number of rotatable bonds is 7. The number of aliphatic carboxylic acids is 1. The Morgan fingerprint density at radius 2 is 1.95 bits per heavy atom. The van der Waals surface area contributed by atoms with Crippen LogP contribution in [0.1, 0.15) is 75.7 Å². The minimum absolute atomic E-state index is 0.118. The summed E-state index contributed by atoms with van der Waals surface area (Å²) >= 11 is 1.72. The van der Waals surface area contributed by atoms with E-state index in [0.717, 1.165) is 32.1 Å². The van der Waals surface area contributed by atoms with E-state index < -0.39 is 17.5 Å². The molecule has 3 unspecified atom stereocenters. The molecule has 1 N–H and O–H groups in total. The van der Waals surface area contributed by atoms with E-state index in [2.05, 4.69) is 36.4 Å². The predicted molar refractivity (Wildman–Crippen MR) is 143 cm³/mol. The van der Waals surface area contributed by atoms with Crippen LogP contribution in [0.3, 0.4) is 0 Å². The zero-order valence-electron chi connectivity index (χ0n) is 21.3. The molecule has 2 fully saturated rings. The molecule has 4 aliphatic rings. The van der Waals surface area contributed by atoms with Crippen molar-refractivity contribution in [2.24, 2.45) is 17.8 Å². The van der Waals surface area contributed by atoms with Crippen LogP contribution in [-0.2, 0) is 19.1 Å². The zero-order chi connectivity index (χ0) is 26.2. The molecule has 0 heterocycles. The van der Waals surface area contributed by atoms with Crippen LogP contribution < -0.4 is 0 Å². The lowest BCUT2D eigenvalue weighted by molar-refractivity contribution is -0.167. The molecule has 1 aromatic carbocycles. The zero-order valence-corrected chi connectivity index (χ0v) is 22.1. The molecule has 0 spiro atoms. The lowest BCUT2D eigenvalue weighted by Gasteiger charge is -2.49. The number of carboxylic acids is 1. The van der Waals surface area contributed by atoms with Gasteiger partial charge in [-0.15, -0.1) is 24.1 Å². The maximum absolute atomic E-state index is 12.8. The average Bonchev–Trinajstić information content (AvgIpc) is 3.24. The van der Waals surface area contributed by atoms with Gasteiger partial charge in [0, 0.05) is 29.6 Å². The molecule has 0 radical (unpaired) electrons. The van der Waals surface area contributed by atoms with Crippen molar-refractivity contribution in [3.05, 3.63) is 52.6 Å². The first kappa shape index (κ1) is 25.9. The number of carbonyl (C=O) groups excluding carboxylic acids is 2. The van der Waals surface area contributed by atoms with E-state index in [0.29, 0.717) is 31.1 Å². The molecule has 6 heteroatoms. The van der Waals surface area contributed by atoms with Crippen molar-refractivity contribution < 1.29 is 24.2 Å². The Morgan fingerprint density at radius 3 is 2.65 bits per heavy atom. The second-order valence-corrected chi connectivity index (χ2v) is 11.8. The monoisotopic (exact) mass is 518 g/mol. The fourth-order valence-electron chi connectivity index (χ4n) is 7.55. The lowest BCUT2D eigenvalue weighted by Crippen LogP contribution is -2.46. The topological polar surface area (TPSA) is 80.7 Å². The van der Waals surface area contributed by atoms with Gasteiger partial charge in [0.05, 0.1) is 12.8 Å². The largest absolute Gasteiger partial charge is 0.481 e. The second-order valence-electron chi connectivity index (χ2n) is 10.9. The Labute approximate surface area is 223 Å². The molecule has 4 aliphatic carbocycles. The molecular formula is C31H34O5S. The maximum Gasteiger partial charge on any atom is 0.306 e. The quantitative estimate of drug-likeness (QED) is 0.267. The summed E-state index contributed by atoms with van der Waals surface area (Å²) in [6, 6.07) is 8.80. The first-order chi connectivity index (χ1) is 17.8. The Balaban J connectivity index is 1.55. The summed E-state index contributed by atoms with van der Waals surface area (Å²) < 4.78 is 6.16. The molecule has 0 aromatic heterocycles. The van der Waals surface area contributed by atoms with Crippen LogP contribution >= 0.6 is 11.8 Å². The van der Waals surface area contributed by atoms with Crippen LogP contribution in [0.15, 0.2) is 52.0 Å². The summed E-state index contributed by atoms with van der Waals surface area (Å²) in [7, 11) is 0. The van der Waals surface area contributed by atoms with Crippen molar-refractivity contribution in [1.29, 1.82) is 0 Å². The fourth-order valence-corrected chi connectivity index (χ4v) is 7.96. The number of hydrogen-bond acceptors (Lipinski definition) is 5. The Kier molecular flexibility index (Phi) is 7.36. The number of hydrogen-bond donors (Lipinski definition) is 1. The summed E-state index contributed by atoms with van der Waals surface area (Å²) in [6.45, 7) is 0. The van der Waals surface area contributed by atoms with Crippen LogP contribution in [0.4, 0.5) is 0 Å². The lowest BCUT2D eigenvalue weighted by atomic mass is 9.57. The Morgan fingerprint density at radius 1 is 1.16 bits per heavy atom. The summed E-state index contributed by atoms with van der Waals surface area (Å²) in [5.41, 5.74) is 4.62. The molecule has 5 rings (SSSR count). The highest BCUT2D eigenvalue weighted by Crippen LogP contribution is 2.62. The van der Waals surface area contributed by atoms with Crippen LogP contribution in [0.25, 0.3) is 0 Å². The summed E-state index contributed by atoms with van der Waals surface area (Å²) in [4.78, 5) is 37.3. The number of fused-ring (bicyclic) bond motifs is 4. The maximum atomic E-state index is 12.8. The smallest absolute Gasteiger partial charge is 0.306 e. The van der Waals surface area contributed by atoms with Crippen molar-refractivity contribution in [2.75, 3.05) is 6.26 Å². The van der Waals surface area contributed by atoms with Gasteiger partial charge in [0.2, 0.25) is 0 Å². The molecule has 5 nitrogen and oxygen atoms in total. The second kappa shape index (κ2) is 10.5. The number of ketones is 1. The number of carboxylic acid groups (broad SMARTS) is 1. The molecule has 0 bridgehead atoms. The number of allylic oxidation sites excluding steroid dienone is 4. The standard InChI is InChI=1S/C31H34O5S/c1-3-15-31(36-29(35)13-12-28(33)34)16-14-24-25-10-6-20-17-21(32)7-11-23(20)30(25)26(18-27(24)31)19-4-8-22(37-2)9-5-19/h1,4-5,8-9,17,24-27H,6-7,10-16,18H2,2H3,(H,33,34)/t24?,25?,26-,27?,31+/m1/s1. The molecule has 37 heavy (non-hydrogen) atoms. The number of ether oxygens (including phenoxy) is 1. The van der Waals surface area contributed by atoms with E-state index >= 15 is 0 Å². The summed E-state index contributed by atoms with van der Waals surface area (Å²) in [6.07, 6.45) is 15.6. The molecule has 0 aliphatic heterocycles. The molecule has 5 atom stereocenters. The van der Waals surface area contributed by atoms with Gasteiger partial charge in [-0.25, -0.2) is 0 Å². The Bertz CT molecular complexity index is 1200. The minimum Gasteiger partial charge on any atom is -0.481 e. The Hall–Kier alpha value is -2.78. The van der Waals surface area contributed by atoms with Gasteiger partial charge >= 0.3 is 11.9 Å². The number of benzene rings is 1. The van der Waals surface area contributed by atoms with E-state index in [9.17, 15) is 14.4 Å². The van der Waals surface area contributed by atoms with Crippen LogP contribution in [0, 0.1) is 30.1 Å². The van der Waals surface area contributed by atoms with Gasteiger partial charge in [0.25, 0.3) is 0 Å². The first-order valence-corrected chi connectivity index (χ1v) is 14.6. The summed E-state index contributed by atoms with van der Waals surface area (Å²) in [5, 5.41) is 9.04. The third-order valence-corrected chi connectivity index (χ3v) is 9.82. The fraction of sp³-hybridized carbons (Fsp3) is 0.516. The van der Waals surface area contributed by atoms with Crippen molar-refractivity contribution in [3.8, 4) is 12.3 Å². The van der Waals surface area contributed by atoms with E-state index in [1.54, 1.807) is 11.8 Å². The van der Waals surface area contributed by atoms with Gasteiger partial charge in [0.15, 0.2) is 5.78 Å². The van der Waals surface area contributed by atoms with E-state index in [1.165, 1.54) is 27.2 Å². The third-order valence-electron chi connectivity index (χ3n) is 9.07. The molecular weight excluding hydrogens is 484 g/mol. The van der Waals surface area contributed by atoms with Crippen LogP contribution in [0.2, 0.25) is 0 Å². The predicted octanol–water partition coefficient (Wildman–Crippen LogP) is 6.09. The average molecular weight is 519 g/mol. The van der Waals surface area contributed by atoms with Crippen molar-refractivity contribution >= 4 is 29.5 Å². The number of carbonyl (C=O) groups is 3. The summed E-state index contributed by atoms with van der Waals surface area (Å²) in [5.74, 6) is 2.59. The number of esters is 1. The van der Waals surface area contributed by atoms with Crippen molar-refractivity contribution in [3.63, 3.8) is 0 Å². The van der Waals surface area contributed by atoms with Crippen LogP contribution in [-0.4, -0.2) is 34.7 Å². The van der Waals surface area contributed by atoms with Crippen LogP contribution in [0.5, 0.6) is 0 Å². The minimum atomic E-state index is -1.01. The molecule has 0 amide bonds. The number of terminal acetylenes is 1. The molecule has 0 saturated heterocycles. The third kappa shape index (κ3) is 4.91. The highest BCUT2D eigenvalue weighted by atomic mass is 32.2. The SMILES string of the molecule is C#CC[C@]1(OC(=O)CCC(=O)O)CCC2C3CCC4=CC(=O)CCC4=C3[C@@H](c3ccc(SC)cc3)CC21. The van der Waals surface area contributed by atoms with E-state index in [4.69, 9.17) is 16.3 Å². The molecule has 194 valence electrons. The van der Waals surface area contributed by atoms with Gasteiger partial charge in [-0.1, -0.05) is 17.7 Å². The first-order valence-electron chi connectivity index (χ1n) is 13.3. The van der Waals surface area contributed by atoms with Gasteiger partial charge in [-0.3, -0.25) is 14.4 Å². The highest BCUT2D eigenvalue weighted by molar-refractivity contribution is 7.98. The van der Waals surface area contributed by atoms with Crippen molar-refractivity contribution in [2.45, 2.75) is 80.6 Å². The van der Waals surface area contributed by atoms with Gasteiger partial charge < -0.3 is 9.84 Å². The van der Waals surface area contributed by atoms with Crippen molar-refractivity contribution in [1.82, 2.24) is 0 Å². The van der Waals surface area contributed by atoms with E-state index in [-0.39, 0.29) is 30.5 Å².